The van der Waals surface area contributed by atoms with Gasteiger partial charge in [-0.25, -0.2) is 0 Å². The molecule has 0 radical (unpaired) electrons. The molecule has 1 aromatic carbocycles. The highest BCUT2D eigenvalue weighted by Gasteiger charge is 2.25. The molecule has 0 bridgehead atoms. The molecule has 2 N–H and O–H groups in total. The Hall–Kier alpha value is -1.08. The van der Waals surface area contributed by atoms with Crippen LogP contribution in [-0.2, 0) is 12.0 Å². The first-order chi connectivity index (χ1) is 7.62. The van der Waals surface area contributed by atoms with Gasteiger partial charge in [0.05, 0.1) is 0 Å². The van der Waals surface area contributed by atoms with Crippen LogP contribution in [0.5, 0.6) is 0 Å². The molecular weight excluding hydrogens is 194 g/mol. The first-order valence-electron chi connectivity index (χ1n) is 6.16. The molecule has 0 amide bonds. The molecule has 0 aliphatic carbocycles. The van der Waals surface area contributed by atoms with Gasteiger partial charge in [0.15, 0.2) is 0 Å². The van der Waals surface area contributed by atoms with E-state index >= 15 is 0 Å². The van der Waals surface area contributed by atoms with Crippen molar-refractivity contribution in [3.63, 3.8) is 0 Å². The second-order valence-corrected chi connectivity index (χ2v) is 4.29. The Labute approximate surface area is 99.4 Å². The van der Waals surface area contributed by atoms with Gasteiger partial charge in [-0.3, -0.25) is 0 Å². The van der Waals surface area contributed by atoms with Gasteiger partial charge < -0.3 is 5.73 Å². The maximum atomic E-state index is 6.48. The van der Waals surface area contributed by atoms with Gasteiger partial charge >= 0.3 is 0 Å². The fourth-order valence-electron chi connectivity index (χ4n) is 2.29. The molecule has 1 aromatic rings. The van der Waals surface area contributed by atoms with Crippen molar-refractivity contribution < 1.29 is 0 Å². The number of hydrogen-bond acceptors (Lipinski definition) is 1. The van der Waals surface area contributed by atoms with Crippen LogP contribution in [0, 0.1) is 0 Å². The molecule has 0 saturated heterocycles. The third-order valence-corrected chi connectivity index (χ3v) is 3.58. The molecule has 1 rings (SSSR count). The Kier molecular flexibility index (Phi) is 4.31. The van der Waals surface area contributed by atoms with E-state index in [-0.39, 0.29) is 5.54 Å². The summed E-state index contributed by atoms with van der Waals surface area (Å²) in [5, 5.41) is 0. The summed E-state index contributed by atoms with van der Waals surface area (Å²) in [7, 11) is 0. The number of rotatable bonds is 5. The van der Waals surface area contributed by atoms with Gasteiger partial charge in [-0.05, 0) is 36.0 Å². The molecule has 16 heavy (non-hydrogen) atoms. The van der Waals surface area contributed by atoms with E-state index in [4.69, 9.17) is 5.73 Å². The van der Waals surface area contributed by atoms with Gasteiger partial charge in [0.2, 0.25) is 0 Å². The van der Waals surface area contributed by atoms with Gasteiger partial charge in [-0.2, -0.15) is 0 Å². The summed E-state index contributed by atoms with van der Waals surface area (Å²) >= 11 is 0. The van der Waals surface area contributed by atoms with Crippen LogP contribution < -0.4 is 5.73 Å². The van der Waals surface area contributed by atoms with Gasteiger partial charge in [-0.15, -0.1) is 0 Å². The highest BCUT2D eigenvalue weighted by molar-refractivity contribution is 5.55. The van der Waals surface area contributed by atoms with Gasteiger partial charge in [0.1, 0.15) is 0 Å². The highest BCUT2D eigenvalue weighted by atomic mass is 14.7. The van der Waals surface area contributed by atoms with Crippen LogP contribution in [0.4, 0.5) is 0 Å². The molecule has 0 unspecified atom stereocenters. The molecule has 0 aliphatic rings. The molecule has 0 aliphatic heterocycles. The lowest BCUT2D eigenvalue weighted by atomic mass is 9.81. The molecule has 0 aromatic heterocycles. The molecular formula is C15H23N. The molecule has 0 heterocycles. The van der Waals surface area contributed by atoms with Crippen LogP contribution >= 0.6 is 0 Å². The van der Waals surface area contributed by atoms with Crippen molar-refractivity contribution in [1.29, 1.82) is 0 Å². The topological polar surface area (TPSA) is 26.0 Å². The maximum absolute atomic E-state index is 6.48. The van der Waals surface area contributed by atoms with E-state index in [0.717, 1.165) is 19.3 Å². The predicted octanol–water partition coefficient (Wildman–Crippen LogP) is 3.87. The lowest BCUT2D eigenvalue weighted by Crippen LogP contribution is -2.36. The summed E-state index contributed by atoms with van der Waals surface area (Å²) in [6.07, 6.45) is 4.87. The molecule has 1 heteroatoms. The lowest BCUT2D eigenvalue weighted by Gasteiger charge is -2.30. The smallest absolute Gasteiger partial charge is 0.0407 e. The van der Waals surface area contributed by atoms with Gasteiger partial charge in [0.25, 0.3) is 0 Å². The SMILES string of the molecule is C=Cc1cccc(C(N)(CC)CC)c1CC. The Morgan fingerprint density at radius 2 is 1.88 bits per heavy atom. The molecule has 88 valence electrons. The monoisotopic (exact) mass is 217 g/mol. The van der Waals surface area contributed by atoms with Crippen molar-refractivity contribution in [2.24, 2.45) is 5.73 Å². The average Bonchev–Trinajstić information content (AvgIpc) is 2.36. The van der Waals surface area contributed by atoms with Crippen LogP contribution in [0.15, 0.2) is 24.8 Å². The minimum Gasteiger partial charge on any atom is -0.321 e. The highest BCUT2D eigenvalue weighted by Crippen LogP contribution is 2.31. The lowest BCUT2D eigenvalue weighted by molar-refractivity contribution is 0.409. The second kappa shape index (κ2) is 5.31. The first-order valence-corrected chi connectivity index (χ1v) is 6.16. The predicted molar refractivity (Wildman–Crippen MR) is 72.4 cm³/mol. The number of benzene rings is 1. The van der Waals surface area contributed by atoms with Crippen molar-refractivity contribution >= 4 is 6.08 Å². The van der Waals surface area contributed by atoms with Crippen molar-refractivity contribution in [3.8, 4) is 0 Å². The molecule has 0 spiro atoms. The van der Waals surface area contributed by atoms with Crippen LogP contribution in [0.3, 0.4) is 0 Å². The quantitative estimate of drug-likeness (QED) is 0.796. The normalized spacial score (nSPS) is 11.5. The summed E-state index contributed by atoms with van der Waals surface area (Å²) in [6.45, 7) is 10.4. The van der Waals surface area contributed by atoms with E-state index in [0.29, 0.717) is 0 Å². The van der Waals surface area contributed by atoms with Gasteiger partial charge in [0, 0.05) is 5.54 Å². The first kappa shape index (κ1) is 13.0. The minimum absolute atomic E-state index is 0.190. The Morgan fingerprint density at radius 3 is 2.31 bits per heavy atom. The number of nitrogens with two attached hydrogens (primary N) is 1. The number of hydrogen-bond donors (Lipinski definition) is 1. The van der Waals surface area contributed by atoms with Gasteiger partial charge in [-0.1, -0.05) is 51.6 Å². The van der Waals surface area contributed by atoms with Crippen molar-refractivity contribution in [2.75, 3.05) is 0 Å². The Bertz CT molecular complexity index is 362. The molecule has 1 nitrogen and oxygen atoms in total. The largest absolute Gasteiger partial charge is 0.321 e. The fraction of sp³-hybridized carbons (Fsp3) is 0.467. The van der Waals surface area contributed by atoms with Crippen molar-refractivity contribution in [2.45, 2.75) is 45.6 Å². The summed E-state index contributed by atoms with van der Waals surface area (Å²) < 4.78 is 0. The Morgan fingerprint density at radius 1 is 1.25 bits per heavy atom. The third-order valence-electron chi connectivity index (χ3n) is 3.58. The van der Waals surface area contributed by atoms with E-state index < -0.39 is 0 Å². The van der Waals surface area contributed by atoms with Crippen LogP contribution in [0.1, 0.15) is 50.3 Å². The molecule has 0 saturated carbocycles. The van der Waals surface area contributed by atoms with Crippen molar-refractivity contribution in [1.82, 2.24) is 0 Å². The zero-order valence-corrected chi connectivity index (χ0v) is 10.7. The van der Waals surface area contributed by atoms with Crippen LogP contribution in [0.25, 0.3) is 6.08 Å². The van der Waals surface area contributed by atoms with E-state index in [2.05, 4.69) is 45.5 Å². The summed E-state index contributed by atoms with van der Waals surface area (Å²) in [6, 6.07) is 6.36. The zero-order chi connectivity index (χ0) is 12.2. The van der Waals surface area contributed by atoms with Crippen LogP contribution in [0.2, 0.25) is 0 Å². The third kappa shape index (κ3) is 2.19. The minimum atomic E-state index is -0.190. The van der Waals surface area contributed by atoms with E-state index in [1.807, 2.05) is 6.08 Å². The molecule has 0 atom stereocenters. The van der Waals surface area contributed by atoms with E-state index in [1.54, 1.807) is 0 Å². The summed E-state index contributed by atoms with van der Waals surface area (Å²) in [5.41, 5.74) is 10.2. The van der Waals surface area contributed by atoms with E-state index in [9.17, 15) is 0 Å². The zero-order valence-electron chi connectivity index (χ0n) is 10.7. The standard InChI is InChI=1S/C15H23N/c1-5-12-10-9-11-14(13(12)6-2)15(16,7-3)8-4/h5,9-11H,1,6-8,16H2,2-4H3. The molecule has 0 fully saturated rings. The maximum Gasteiger partial charge on any atom is 0.0407 e. The summed E-state index contributed by atoms with van der Waals surface area (Å²) in [5.74, 6) is 0. The van der Waals surface area contributed by atoms with Crippen LogP contribution in [-0.4, -0.2) is 0 Å². The van der Waals surface area contributed by atoms with Crippen molar-refractivity contribution in [3.05, 3.63) is 41.5 Å². The summed E-state index contributed by atoms with van der Waals surface area (Å²) in [4.78, 5) is 0. The fourth-order valence-corrected chi connectivity index (χ4v) is 2.29. The second-order valence-electron chi connectivity index (χ2n) is 4.29. The average molecular weight is 217 g/mol. The Balaban J connectivity index is 3.37. The van der Waals surface area contributed by atoms with E-state index in [1.165, 1.54) is 16.7 Å².